The third kappa shape index (κ3) is 2.67. The van der Waals surface area contributed by atoms with Crippen molar-refractivity contribution in [2.24, 2.45) is 0 Å². The van der Waals surface area contributed by atoms with E-state index in [0.29, 0.717) is 28.1 Å². The molecule has 0 atom stereocenters. The molecule has 6 heteroatoms. The lowest BCUT2D eigenvalue weighted by Gasteiger charge is -2.11. The summed E-state index contributed by atoms with van der Waals surface area (Å²) in [6, 6.07) is 9.59. The van der Waals surface area contributed by atoms with Crippen molar-refractivity contribution in [3.8, 4) is 11.5 Å². The molecular weight excluding hydrogens is 313 g/mol. The lowest BCUT2D eigenvalue weighted by molar-refractivity contribution is 0.0997. The van der Waals surface area contributed by atoms with Gasteiger partial charge in [0.25, 0.3) is 5.91 Å². The molecule has 0 spiro atoms. The zero-order valence-corrected chi connectivity index (χ0v) is 13.5. The number of carbonyl (C=O) groups excluding carboxylic acids is 1. The summed E-state index contributed by atoms with van der Waals surface area (Å²) >= 11 is 0. The van der Waals surface area contributed by atoms with Crippen molar-refractivity contribution in [3.63, 3.8) is 0 Å². The second-order valence-corrected chi connectivity index (χ2v) is 5.19. The van der Waals surface area contributed by atoms with E-state index in [1.165, 1.54) is 13.2 Å². The van der Waals surface area contributed by atoms with E-state index in [1.807, 2.05) is 0 Å². The summed E-state index contributed by atoms with van der Waals surface area (Å²) in [5.41, 5.74) is 1.11. The maximum absolute atomic E-state index is 13.8. The number of methoxy groups -OCH3 is 2. The molecule has 0 fully saturated rings. The van der Waals surface area contributed by atoms with Gasteiger partial charge in [-0.05, 0) is 25.1 Å². The predicted molar refractivity (Wildman–Crippen MR) is 88.4 cm³/mol. The molecule has 1 heterocycles. The van der Waals surface area contributed by atoms with E-state index >= 15 is 0 Å². The normalized spacial score (nSPS) is 10.7. The Balaban J connectivity index is 1.96. The number of amides is 1. The predicted octanol–water partition coefficient (Wildman–Crippen LogP) is 4.15. The number of para-hydroxylation sites is 1. The van der Waals surface area contributed by atoms with Crippen LogP contribution in [-0.4, -0.2) is 20.1 Å². The molecule has 0 aliphatic carbocycles. The quantitative estimate of drug-likeness (QED) is 0.781. The van der Waals surface area contributed by atoms with Gasteiger partial charge in [0.05, 0.1) is 19.9 Å². The molecule has 0 radical (unpaired) electrons. The molecule has 24 heavy (non-hydrogen) atoms. The monoisotopic (exact) mass is 329 g/mol. The van der Waals surface area contributed by atoms with Crippen molar-refractivity contribution in [2.45, 2.75) is 6.92 Å². The molecule has 0 saturated heterocycles. The number of halogens is 1. The number of aryl methyl sites for hydroxylation is 1. The van der Waals surface area contributed by atoms with Gasteiger partial charge in [0.15, 0.2) is 17.2 Å². The fraction of sp³-hybridized carbons (Fsp3) is 0.167. The van der Waals surface area contributed by atoms with Gasteiger partial charge in [0, 0.05) is 17.0 Å². The SMILES string of the molecule is COc1ccc(NC(=O)c2oc3c(F)cccc3c2C)c(OC)c1. The molecule has 1 N–H and O–H groups in total. The highest BCUT2D eigenvalue weighted by atomic mass is 19.1. The molecule has 0 unspecified atom stereocenters. The molecule has 124 valence electrons. The highest BCUT2D eigenvalue weighted by Gasteiger charge is 2.20. The number of hydrogen-bond donors (Lipinski definition) is 1. The van der Waals surface area contributed by atoms with Crippen molar-refractivity contribution in [1.82, 2.24) is 0 Å². The molecule has 3 rings (SSSR count). The number of fused-ring (bicyclic) bond motifs is 1. The van der Waals surface area contributed by atoms with Crippen molar-refractivity contribution in [2.75, 3.05) is 19.5 Å². The van der Waals surface area contributed by atoms with E-state index < -0.39 is 11.7 Å². The van der Waals surface area contributed by atoms with Gasteiger partial charge in [-0.25, -0.2) is 4.39 Å². The fourth-order valence-electron chi connectivity index (χ4n) is 2.51. The summed E-state index contributed by atoms with van der Waals surface area (Å²) in [7, 11) is 3.03. The Morgan fingerprint density at radius 3 is 2.62 bits per heavy atom. The fourth-order valence-corrected chi connectivity index (χ4v) is 2.51. The Morgan fingerprint density at radius 2 is 1.96 bits per heavy atom. The minimum Gasteiger partial charge on any atom is -0.497 e. The molecule has 0 saturated carbocycles. The van der Waals surface area contributed by atoms with Gasteiger partial charge < -0.3 is 19.2 Å². The summed E-state index contributed by atoms with van der Waals surface area (Å²) in [5.74, 6) is 0.130. The number of benzene rings is 2. The molecule has 3 aromatic rings. The Kier molecular flexibility index (Phi) is 4.12. The molecule has 1 aromatic heterocycles. The van der Waals surface area contributed by atoms with Gasteiger partial charge in [0.1, 0.15) is 11.5 Å². The van der Waals surface area contributed by atoms with E-state index in [9.17, 15) is 9.18 Å². The average Bonchev–Trinajstić information content (AvgIpc) is 2.94. The first-order valence-corrected chi connectivity index (χ1v) is 7.26. The third-order valence-corrected chi connectivity index (χ3v) is 3.78. The summed E-state index contributed by atoms with van der Waals surface area (Å²) in [6.45, 7) is 1.71. The molecule has 2 aromatic carbocycles. The summed E-state index contributed by atoms with van der Waals surface area (Å²) in [6.07, 6.45) is 0. The van der Waals surface area contributed by atoms with Crippen LogP contribution < -0.4 is 14.8 Å². The number of rotatable bonds is 4. The number of anilines is 1. The number of hydrogen-bond acceptors (Lipinski definition) is 4. The second-order valence-electron chi connectivity index (χ2n) is 5.19. The van der Waals surface area contributed by atoms with Crippen LogP contribution in [-0.2, 0) is 0 Å². The minimum absolute atomic E-state index is 0.0629. The van der Waals surface area contributed by atoms with E-state index in [-0.39, 0.29) is 11.3 Å². The number of furan rings is 1. The Labute approximate surface area is 138 Å². The van der Waals surface area contributed by atoms with E-state index in [4.69, 9.17) is 13.9 Å². The van der Waals surface area contributed by atoms with Crippen LogP contribution in [0.3, 0.4) is 0 Å². The lowest BCUT2D eigenvalue weighted by Crippen LogP contribution is -2.13. The first-order valence-electron chi connectivity index (χ1n) is 7.26. The summed E-state index contributed by atoms with van der Waals surface area (Å²) < 4.78 is 29.6. The largest absolute Gasteiger partial charge is 0.497 e. The molecular formula is C18H16FNO4. The van der Waals surface area contributed by atoms with Gasteiger partial charge in [-0.1, -0.05) is 12.1 Å². The zero-order chi connectivity index (χ0) is 17.3. The summed E-state index contributed by atoms with van der Waals surface area (Å²) in [5, 5.41) is 3.29. The lowest BCUT2D eigenvalue weighted by atomic mass is 10.1. The Hall–Kier alpha value is -3.02. The maximum Gasteiger partial charge on any atom is 0.291 e. The number of ether oxygens (including phenoxy) is 2. The molecule has 1 amide bonds. The molecule has 5 nitrogen and oxygen atoms in total. The van der Waals surface area contributed by atoms with Gasteiger partial charge in [-0.2, -0.15) is 0 Å². The van der Waals surface area contributed by atoms with Crippen molar-refractivity contribution < 1.29 is 23.1 Å². The van der Waals surface area contributed by atoms with Crippen LogP contribution in [0.1, 0.15) is 16.1 Å². The third-order valence-electron chi connectivity index (χ3n) is 3.78. The van der Waals surface area contributed by atoms with Gasteiger partial charge in [-0.15, -0.1) is 0 Å². The van der Waals surface area contributed by atoms with Crippen molar-refractivity contribution >= 4 is 22.6 Å². The Bertz CT molecular complexity index is 917. The minimum atomic E-state index is -0.503. The number of nitrogens with one attached hydrogen (secondary N) is 1. The highest BCUT2D eigenvalue weighted by Crippen LogP contribution is 2.31. The van der Waals surface area contributed by atoms with Crippen LogP contribution in [0.15, 0.2) is 40.8 Å². The standard InChI is InChI=1S/C18H16FNO4/c1-10-12-5-4-6-13(19)17(12)24-16(10)18(21)20-14-8-7-11(22-2)9-15(14)23-3/h4-9H,1-3H3,(H,20,21). The topological polar surface area (TPSA) is 60.7 Å². The second kappa shape index (κ2) is 6.23. The van der Waals surface area contributed by atoms with Crippen LogP contribution in [0, 0.1) is 12.7 Å². The first kappa shape index (κ1) is 15.9. The van der Waals surface area contributed by atoms with Crippen molar-refractivity contribution in [3.05, 3.63) is 53.5 Å². The number of carbonyl (C=O) groups is 1. The van der Waals surface area contributed by atoms with E-state index in [0.717, 1.165) is 0 Å². The smallest absolute Gasteiger partial charge is 0.291 e. The zero-order valence-electron chi connectivity index (χ0n) is 13.5. The van der Waals surface area contributed by atoms with E-state index in [1.54, 1.807) is 44.4 Å². The summed E-state index contributed by atoms with van der Waals surface area (Å²) in [4.78, 5) is 12.5. The molecule has 0 aliphatic rings. The molecule has 0 bridgehead atoms. The van der Waals surface area contributed by atoms with Crippen molar-refractivity contribution in [1.29, 1.82) is 0 Å². The van der Waals surface area contributed by atoms with Crippen LogP contribution in [0.2, 0.25) is 0 Å². The maximum atomic E-state index is 13.8. The Morgan fingerprint density at radius 1 is 1.17 bits per heavy atom. The van der Waals surface area contributed by atoms with Gasteiger partial charge in [0.2, 0.25) is 0 Å². The van der Waals surface area contributed by atoms with Gasteiger partial charge >= 0.3 is 0 Å². The van der Waals surface area contributed by atoms with E-state index in [2.05, 4.69) is 5.32 Å². The van der Waals surface area contributed by atoms with Crippen LogP contribution >= 0.6 is 0 Å². The van der Waals surface area contributed by atoms with Gasteiger partial charge in [-0.3, -0.25) is 4.79 Å². The average molecular weight is 329 g/mol. The highest BCUT2D eigenvalue weighted by molar-refractivity contribution is 6.07. The van der Waals surface area contributed by atoms with Crippen LogP contribution in [0.5, 0.6) is 11.5 Å². The van der Waals surface area contributed by atoms with Crippen LogP contribution in [0.25, 0.3) is 11.0 Å². The van der Waals surface area contributed by atoms with Crippen LogP contribution in [0.4, 0.5) is 10.1 Å². The first-order chi connectivity index (χ1) is 11.5. The molecule has 0 aliphatic heterocycles.